The molecule has 0 fully saturated rings. The summed E-state index contributed by atoms with van der Waals surface area (Å²) >= 11 is 0. The molecule has 0 saturated carbocycles. The van der Waals surface area contributed by atoms with Gasteiger partial charge in [-0.1, -0.05) is 11.2 Å². The van der Waals surface area contributed by atoms with E-state index in [1.165, 1.54) is 12.1 Å². The van der Waals surface area contributed by atoms with Gasteiger partial charge >= 0.3 is 5.97 Å². The molecule has 0 spiro atoms. The Kier molecular flexibility index (Phi) is 3.85. The maximum Gasteiger partial charge on any atom is 0.357 e. The van der Waals surface area contributed by atoms with Crippen molar-refractivity contribution >= 4 is 16.9 Å². The molecule has 9 heteroatoms. The third-order valence-corrected chi connectivity index (χ3v) is 2.83. The smallest absolute Gasteiger partial charge is 0.357 e. The number of aromatic amines is 1. The number of carbonyl (C=O) groups is 1. The Hall–Kier alpha value is -2.61. The third-order valence-electron chi connectivity index (χ3n) is 2.83. The van der Waals surface area contributed by atoms with Crippen molar-refractivity contribution in [3.63, 3.8) is 0 Å². The van der Waals surface area contributed by atoms with E-state index in [0.717, 1.165) is 0 Å². The summed E-state index contributed by atoms with van der Waals surface area (Å²) in [5.41, 5.74) is 8.81. The fourth-order valence-corrected chi connectivity index (χ4v) is 1.82. The second-order valence-corrected chi connectivity index (χ2v) is 4.11. The van der Waals surface area contributed by atoms with Gasteiger partial charge in [-0.15, -0.1) is 0 Å². The number of hydrogen-bond donors (Lipinski definition) is 4. The van der Waals surface area contributed by atoms with Crippen LogP contribution in [0.4, 0.5) is 0 Å². The van der Waals surface area contributed by atoms with E-state index in [9.17, 15) is 15.0 Å². The van der Waals surface area contributed by atoms with Crippen LogP contribution in [0.15, 0.2) is 23.3 Å². The average Bonchev–Trinajstić information content (AvgIpc) is 2.86. The number of aliphatic hydroxyl groups excluding tert-OH is 2. The monoisotopic (exact) mass is 277 g/mol. The Labute approximate surface area is 112 Å². The molecule has 0 aliphatic carbocycles. The van der Waals surface area contributed by atoms with E-state index >= 15 is 0 Å². The second kappa shape index (κ2) is 5.57. The molecule has 0 saturated heterocycles. The summed E-state index contributed by atoms with van der Waals surface area (Å²) in [6, 6.07) is 4.50. The number of nitrogens with zero attached hydrogens (tertiary/aromatic N) is 4. The van der Waals surface area contributed by atoms with Gasteiger partial charge in [0.05, 0.1) is 18.2 Å². The average molecular weight is 277 g/mol. The van der Waals surface area contributed by atoms with Crippen molar-refractivity contribution in [2.75, 3.05) is 6.54 Å². The highest BCUT2D eigenvalue weighted by atomic mass is 16.4. The number of aromatic carboxylic acids is 1. The van der Waals surface area contributed by atoms with Crippen molar-refractivity contribution < 1.29 is 20.1 Å². The number of rotatable bonds is 5. The number of nitrogens with one attached hydrogen (secondary N) is 1. The predicted octanol–water partition coefficient (Wildman–Crippen LogP) is 0.966. The van der Waals surface area contributed by atoms with Gasteiger partial charge in [-0.3, -0.25) is 5.10 Å². The fourth-order valence-electron chi connectivity index (χ4n) is 1.82. The van der Waals surface area contributed by atoms with Crippen LogP contribution in [-0.2, 0) is 0 Å². The van der Waals surface area contributed by atoms with E-state index in [1.54, 1.807) is 6.07 Å². The fraction of sp³-hybridized carbons (Fsp3) is 0.273. The zero-order chi connectivity index (χ0) is 14.7. The Morgan fingerprint density at radius 2 is 2.25 bits per heavy atom. The highest BCUT2D eigenvalue weighted by Gasteiger charge is 2.20. The van der Waals surface area contributed by atoms with Crippen LogP contribution < -0.4 is 0 Å². The van der Waals surface area contributed by atoms with Gasteiger partial charge in [0.25, 0.3) is 0 Å². The lowest BCUT2D eigenvalue weighted by molar-refractivity contribution is 0.0245. The quantitative estimate of drug-likeness (QED) is 0.364. The number of aliphatic hydroxyl groups is 2. The molecule has 1 heterocycles. The van der Waals surface area contributed by atoms with Crippen molar-refractivity contribution in [3.8, 4) is 0 Å². The van der Waals surface area contributed by atoms with Crippen LogP contribution >= 0.6 is 0 Å². The van der Waals surface area contributed by atoms with E-state index < -0.39 is 18.2 Å². The lowest BCUT2D eigenvalue weighted by atomic mass is 10.0. The number of fused-ring (bicyclic) bond motifs is 1. The van der Waals surface area contributed by atoms with Crippen LogP contribution in [0.25, 0.3) is 21.3 Å². The van der Waals surface area contributed by atoms with E-state index in [2.05, 4.69) is 20.2 Å². The normalized spacial score (nSPS) is 13.7. The number of aromatic nitrogens is 2. The standard InChI is InChI=1S/C11H11N5O4/c12-16-13-4-8(17)10(18)5-1-2-7-6(3-5)9(11(19)20)15-14-7/h1-3,8,10,17-18H,4H2,(H,14,15)(H,19,20). The van der Waals surface area contributed by atoms with Crippen molar-refractivity contribution in [1.29, 1.82) is 0 Å². The maximum atomic E-state index is 11.0. The van der Waals surface area contributed by atoms with Gasteiger partial charge in [-0.05, 0) is 23.2 Å². The molecule has 2 unspecified atom stereocenters. The van der Waals surface area contributed by atoms with E-state index in [1.807, 2.05) is 0 Å². The van der Waals surface area contributed by atoms with Crippen LogP contribution in [-0.4, -0.2) is 44.1 Å². The molecule has 2 rings (SSSR count). The Morgan fingerprint density at radius 1 is 1.50 bits per heavy atom. The van der Waals surface area contributed by atoms with Crippen LogP contribution in [0.1, 0.15) is 22.2 Å². The zero-order valence-electron chi connectivity index (χ0n) is 10.1. The minimum Gasteiger partial charge on any atom is -0.476 e. The molecular formula is C11H11N5O4. The molecule has 1 aromatic carbocycles. The minimum absolute atomic E-state index is 0.168. The first-order chi connectivity index (χ1) is 9.54. The van der Waals surface area contributed by atoms with Gasteiger partial charge in [0.1, 0.15) is 6.10 Å². The van der Waals surface area contributed by atoms with Crippen molar-refractivity contribution in [2.45, 2.75) is 12.2 Å². The zero-order valence-corrected chi connectivity index (χ0v) is 10.1. The Bertz CT molecular complexity index is 691. The van der Waals surface area contributed by atoms with Crippen molar-refractivity contribution in [3.05, 3.63) is 39.9 Å². The Morgan fingerprint density at radius 3 is 2.90 bits per heavy atom. The molecule has 0 amide bonds. The van der Waals surface area contributed by atoms with Gasteiger partial charge in [-0.25, -0.2) is 4.79 Å². The summed E-state index contributed by atoms with van der Waals surface area (Å²) in [7, 11) is 0. The number of carboxylic acids is 1. The SMILES string of the molecule is [N-]=[N+]=NCC(O)C(O)c1ccc2[nH]nc(C(=O)O)c2c1. The largest absolute Gasteiger partial charge is 0.476 e. The van der Waals surface area contributed by atoms with E-state index in [-0.39, 0.29) is 12.2 Å². The molecule has 0 aliphatic rings. The van der Waals surface area contributed by atoms with Gasteiger partial charge in [0.15, 0.2) is 5.69 Å². The number of benzene rings is 1. The molecule has 1 aromatic heterocycles. The van der Waals surface area contributed by atoms with Crippen LogP contribution in [0.2, 0.25) is 0 Å². The lowest BCUT2D eigenvalue weighted by Gasteiger charge is -2.16. The highest BCUT2D eigenvalue weighted by Crippen LogP contribution is 2.24. The topological polar surface area (TPSA) is 155 Å². The first-order valence-electron chi connectivity index (χ1n) is 5.63. The molecule has 2 atom stereocenters. The summed E-state index contributed by atoms with van der Waals surface area (Å²) < 4.78 is 0. The van der Waals surface area contributed by atoms with Gasteiger partial charge in [0, 0.05) is 10.3 Å². The number of azide groups is 1. The van der Waals surface area contributed by atoms with Gasteiger partial charge in [-0.2, -0.15) is 5.10 Å². The van der Waals surface area contributed by atoms with Crippen LogP contribution in [0.3, 0.4) is 0 Å². The summed E-state index contributed by atoms with van der Waals surface area (Å²) in [4.78, 5) is 13.5. The molecule has 0 radical (unpaired) electrons. The molecule has 104 valence electrons. The minimum atomic E-state index is -1.29. The van der Waals surface area contributed by atoms with E-state index in [0.29, 0.717) is 16.5 Å². The second-order valence-electron chi connectivity index (χ2n) is 4.11. The molecule has 20 heavy (non-hydrogen) atoms. The maximum absolute atomic E-state index is 11.0. The highest BCUT2D eigenvalue weighted by molar-refractivity contribution is 6.01. The summed E-state index contributed by atoms with van der Waals surface area (Å²) in [5.74, 6) is -1.20. The lowest BCUT2D eigenvalue weighted by Crippen LogP contribution is -2.21. The third kappa shape index (κ3) is 2.54. The van der Waals surface area contributed by atoms with Gasteiger partial charge < -0.3 is 15.3 Å². The number of hydrogen-bond acceptors (Lipinski definition) is 5. The van der Waals surface area contributed by atoms with Crippen molar-refractivity contribution in [1.82, 2.24) is 10.2 Å². The molecule has 9 nitrogen and oxygen atoms in total. The van der Waals surface area contributed by atoms with E-state index in [4.69, 9.17) is 10.6 Å². The summed E-state index contributed by atoms with van der Waals surface area (Å²) in [5, 5.41) is 38.3. The first kappa shape index (κ1) is 13.8. The molecule has 0 bridgehead atoms. The number of H-pyrrole nitrogens is 1. The predicted molar refractivity (Wildman–Crippen MR) is 68.0 cm³/mol. The molecule has 4 N–H and O–H groups in total. The summed E-state index contributed by atoms with van der Waals surface area (Å²) in [6.07, 6.45) is -2.56. The molecule has 0 aliphatic heterocycles. The number of carboxylic acid groups (broad SMARTS) is 1. The molecular weight excluding hydrogens is 266 g/mol. The summed E-state index contributed by atoms with van der Waals surface area (Å²) in [6.45, 7) is -0.285. The molecule has 2 aromatic rings. The van der Waals surface area contributed by atoms with Crippen LogP contribution in [0, 0.1) is 0 Å². The first-order valence-corrected chi connectivity index (χ1v) is 5.63. The van der Waals surface area contributed by atoms with Crippen LogP contribution in [0.5, 0.6) is 0 Å². The van der Waals surface area contributed by atoms with Crippen molar-refractivity contribution in [2.24, 2.45) is 5.11 Å². The van der Waals surface area contributed by atoms with Gasteiger partial charge in [0.2, 0.25) is 0 Å². The Balaban J connectivity index is 2.37.